The number of aromatic amines is 1. The first-order valence-corrected chi connectivity index (χ1v) is 4.01. The van der Waals surface area contributed by atoms with Crippen molar-refractivity contribution in [2.24, 2.45) is 0 Å². The lowest BCUT2D eigenvalue weighted by atomic mass is 10.2. The Bertz CT molecular complexity index is 470. The highest BCUT2D eigenvalue weighted by Crippen LogP contribution is 2.20. The number of hydrogen-bond donors (Lipinski definition) is 2. The zero-order chi connectivity index (χ0) is 10.1. The lowest BCUT2D eigenvalue weighted by molar-refractivity contribution is 0.0691. The maximum absolute atomic E-state index is 10.6. The van der Waals surface area contributed by atoms with E-state index in [4.69, 9.17) is 9.52 Å². The summed E-state index contributed by atoms with van der Waals surface area (Å²) < 4.78 is 5.08. The molecule has 0 spiro atoms. The predicted molar refractivity (Wildman–Crippen MR) is 48.0 cm³/mol. The minimum absolute atomic E-state index is 0.0700. The van der Waals surface area contributed by atoms with Crippen LogP contribution >= 0.6 is 0 Å². The van der Waals surface area contributed by atoms with Crippen LogP contribution in [0.2, 0.25) is 0 Å². The molecule has 2 aromatic heterocycles. The number of H-pyrrole nitrogens is 1. The van der Waals surface area contributed by atoms with Crippen LogP contribution in [-0.2, 0) is 0 Å². The molecule has 0 atom stereocenters. The Hall–Kier alpha value is -2.04. The smallest absolute Gasteiger partial charge is 0.353 e. The number of carbonyl (C=O) groups is 1. The fourth-order valence-electron chi connectivity index (χ4n) is 1.20. The number of carboxylic acid groups (broad SMARTS) is 1. The van der Waals surface area contributed by atoms with Crippen LogP contribution in [-0.4, -0.2) is 21.0 Å². The van der Waals surface area contributed by atoms with Crippen molar-refractivity contribution in [2.75, 3.05) is 0 Å². The van der Waals surface area contributed by atoms with Gasteiger partial charge in [0.1, 0.15) is 17.3 Å². The maximum atomic E-state index is 10.6. The lowest BCUT2D eigenvalue weighted by Gasteiger charge is -1.91. The fourth-order valence-corrected chi connectivity index (χ4v) is 1.20. The van der Waals surface area contributed by atoms with Gasteiger partial charge in [-0.1, -0.05) is 0 Å². The van der Waals surface area contributed by atoms with Gasteiger partial charge in [0.15, 0.2) is 0 Å². The molecule has 5 heteroatoms. The number of aromatic carboxylic acids is 1. The molecule has 0 saturated heterocycles. The van der Waals surface area contributed by atoms with Crippen molar-refractivity contribution in [1.82, 2.24) is 9.97 Å². The molecule has 0 unspecified atom stereocenters. The lowest BCUT2D eigenvalue weighted by Crippen LogP contribution is -1.95. The van der Waals surface area contributed by atoms with Crippen LogP contribution in [0.1, 0.15) is 16.2 Å². The van der Waals surface area contributed by atoms with Gasteiger partial charge in [0.05, 0.1) is 18.0 Å². The number of nitrogens with one attached hydrogen (secondary N) is 1. The third kappa shape index (κ3) is 1.28. The Labute approximate surface area is 79.4 Å². The molecule has 0 amide bonds. The van der Waals surface area contributed by atoms with Gasteiger partial charge in [0.25, 0.3) is 0 Å². The number of rotatable bonds is 2. The third-order valence-electron chi connectivity index (χ3n) is 1.92. The second-order valence-electron chi connectivity index (χ2n) is 2.84. The topological polar surface area (TPSA) is 79.1 Å². The first-order chi connectivity index (χ1) is 6.68. The van der Waals surface area contributed by atoms with Crippen LogP contribution in [0.4, 0.5) is 0 Å². The molecular formula is C9H8N2O3. The molecule has 0 bridgehead atoms. The fraction of sp³-hybridized carbons (Fsp3) is 0.111. The molecule has 2 rings (SSSR count). The summed E-state index contributed by atoms with van der Waals surface area (Å²) in [5.74, 6) is 0.190. The van der Waals surface area contributed by atoms with Crippen molar-refractivity contribution in [2.45, 2.75) is 6.92 Å². The van der Waals surface area contributed by atoms with Crippen molar-refractivity contribution >= 4 is 5.97 Å². The van der Waals surface area contributed by atoms with E-state index in [1.807, 2.05) is 0 Å². The quantitative estimate of drug-likeness (QED) is 0.758. The molecule has 5 nitrogen and oxygen atoms in total. The molecule has 0 aliphatic carbocycles. The van der Waals surface area contributed by atoms with Crippen molar-refractivity contribution in [3.8, 4) is 11.4 Å². The normalized spacial score (nSPS) is 10.4. The summed E-state index contributed by atoms with van der Waals surface area (Å²) >= 11 is 0. The number of carboxylic acids is 1. The van der Waals surface area contributed by atoms with E-state index in [-0.39, 0.29) is 5.69 Å². The van der Waals surface area contributed by atoms with E-state index in [1.165, 1.54) is 12.5 Å². The first-order valence-electron chi connectivity index (χ1n) is 4.01. The summed E-state index contributed by atoms with van der Waals surface area (Å²) in [6.07, 6.45) is 2.82. The zero-order valence-corrected chi connectivity index (χ0v) is 7.44. The van der Waals surface area contributed by atoms with Crippen LogP contribution < -0.4 is 0 Å². The molecule has 0 saturated carbocycles. The van der Waals surface area contributed by atoms with E-state index in [9.17, 15) is 4.79 Å². The van der Waals surface area contributed by atoms with E-state index in [2.05, 4.69) is 9.97 Å². The highest BCUT2D eigenvalue weighted by atomic mass is 16.4. The van der Waals surface area contributed by atoms with E-state index in [1.54, 1.807) is 13.0 Å². The van der Waals surface area contributed by atoms with Crippen LogP contribution in [0, 0.1) is 6.92 Å². The summed E-state index contributed by atoms with van der Waals surface area (Å²) in [6, 6.07) is 1.74. The van der Waals surface area contributed by atoms with Crippen molar-refractivity contribution in [1.29, 1.82) is 0 Å². The minimum atomic E-state index is -1.02. The van der Waals surface area contributed by atoms with Gasteiger partial charge in [0, 0.05) is 0 Å². The molecular weight excluding hydrogens is 184 g/mol. The molecule has 2 heterocycles. The molecule has 2 aromatic rings. The van der Waals surface area contributed by atoms with E-state index < -0.39 is 5.97 Å². The van der Waals surface area contributed by atoms with Crippen LogP contribution in [0.25, 0.3) is 11.4 Å². The number of aryl methyl sites for hydroxylation is 1. The van der Waals surface area contributed by atoms with E-state index >= 15 is 0 Å². The van der Waals surface area contributed by atoms with Gasteiger partial charge >= 0.3 is 5.97 Å². The van der Waals surface area contributed by atoms with Gasteiger partial charge in [-0.15, -0.1) is 0 Å². The minimum Gasteiger partial charge on any atom is -0.477 e. The standard InChI is InChI=1S/C9H8N2O3/c1-5-6(2-3-14-5)8-10-4-7(11-8)9(12)13/h2-4H,1H3,(H,10,11)(H,12,13). The van der Waals surface area contributed by atoms with Gasteiger partial charge in [-0.2, -0.15) is 0 Å². The number of imidazole rings is 1. The van der Waals surface area contributed by atoms with Gasteiger partial charge < -0.3 is 14.5 Å². The van der Waals surface area contributed by atoms with Crippen LogP contribution in [0.15, 0.2) is 22.9 Å². The summed E-state index contributed by atoms with van der Waals surface area (Å²) in [5, 5.41) is 8.67. The third-order valence-corrected chi connectivity index (χ3v) is 1.92. The van der Waals surface area contributed by atoms with E-state index in [0.717, 1.165) is 5.56 Å². The molecule has 0 aliphatic rings. The van der Waals surface area contributed by atoms with Gasteiger partial charge in [0.2, 0.25) is 0 Å². The number of hydrogen-bond acceptors (Lipinski definition) is 3. The molecule has 14 heavy (non-hydrogen) atoms. The second kappa shape index (κ2) is 3.02. The highest BCUT2D eigenvalue weighted by molar-refractivity contribution is 5.85. The van der Waals surface area contributed by atoms with Gasteiger partial charge in [-0.25, -0.2) is 9.78 Å². The molecule has 0 aliphatic heterocycles. The first kappa shape index (κ1) is 8.55. The highest BCUT2D eigenvalue weighted by Gasteiger charge is 2.11. The molecule has 0 fully saturated rings. The Morgan fingerprint density at radius 3 is 2.93 bits per heavy atom. The molecule has 2 N–H and O–H groups in total. The zero-order valence-electron chi connectivity index (χ0n) is 7.44. The van der Waals surface area contributed by atoms with Gasteiger partial charge in [-0.3, -0.25) is 0 Å². The van der Waals surface area contributed by atoms with Crippen molar-refractivity contribution in [3.05, 3.63) is 30.0 Å². The number of aromatic nitrogens is 2. The van der Waals surface area contributed by atoms with E-state index in [0.29, 0.717) is 11.6 Å². The average molecular weight is 192 g/mol. The summed E-state index contributed by atoms with van der Waals surface area (Å²) in [7, 11) is 0. The SMILES string of the molecule is Cc1occc1-c1ncc(C(=O)O)[nH]1. The van der Waals surface area contributed by atoms with Crippen LogP contribution in [0.3, 0.4) is 0 Å². The molecule has 0 radical (unpaired) electrons. The average Bonchev–Trinajstić information content (AvgIpc) is 2.71. The summed E-state index contributed by atoms with van der Waals surface area (Å²) in [6.45, 7) is 1.79. The molecule has 0 aromatic carbocycles. The largest absolute Gasteiger partial charge is 0.477 e. The number of furan rings is 1. The van der Waals surface area contributed by atoms with Gasteiger partial charge in [-0.05, 0) is 13.0 Å². The summed E-state index contributed by atoms with van der Waals surface area (Å²) in [4.78, 5) is 17.2. The maximum Gasteiger partial charge on any atom is 0.353 e. The Balaban J connectivity index is 2.43. The number of nitrogens with zero attached hydrogens (tertiary/aromatic N) is 1. The predicted octanol–water partition coefficient (Wildman–Crippen LogP) is 1.68. The Morgan fingerprint density at radius 1 is 1.64 bits per heavy atom. The second-order valence-corrected chi connectivity index (χ2v) is 2.84. The summed E-state index contributed by atoms with van der Waals surface area (Å²) in [5.41, 5.74) is 0.845. The Kier molecular flexibility index (Phi) is 1.85. The van der Waals surface area contributed by atoms with Crippen LogP contribution in [0.5, 0.6) is 0 Å². The van der Waals surface area contributed by atoms with Crippen molar-refractivity contribution < 1.29 is 14.3 Å². The van der Waals surface area contributed by atoms with Crippen molar-refractivity contribution in [3.63, 3.8) is 0 Å². The Morgan fingerprint density at radius 2 is 2.43 bits per heavy atom. The molecule has 72 valence electrons. The monoisotopic (exact) mass is 192 g/mol.